The molecule has 4 rings (SSSR count). The Labute approximate surface area is 149 Å². The monoisotopic (exact) mass is 333 g/mol. The molecule has 2 heterocycles. The Morgan fingerprint density at radius 1 is 0.833 bits per heavy atom. The van der Waals surface area contributed by atoms with Crippen LogP contribution in [0.15, 0.2) is 0 Å². The van der Waals surface area contributed by atoms with Crippen LogP contribution < -0.4 is 0 Å². The van der Waals surface area contributed by atoms with Crippen LogP contribution >= 0.6 is 0 Å². The predicted molar refractivity (Wildman–Crippen MR) is 101 cm³/mol. The largest absolute Gasteiger partial charge is 0.305 e. The summed E-state index contributed by atoms with van der Waals surface area (Å²) in [4.78, 5) is 8.15. The predicted octanol–water partition coefficient (Wildman–Crippen LogP) is 3.45. The van der Waals surface area contributed by atoms with Gasteiger partial charge in [0.1, 0.15) is 0 Å². The number of likely N-dealkylation sites (tertiary alicyclic amines) is 1. The maximum atomic E-state index is 2.84. The lowest BCUT2D eigenvalue weighted by molar-refractivity contribution is -0.102. The standard InChI is InChI=1S/C21H39N3/c1-4-20(6-7-20)18-23-12-8-21(9-13-23)16-19(2,17-21)24-11-5-10-22(3)14-15-24/h4-18H2,1-3H3. The normalized spacial score (nSPS) is 33.1. The van der Waals surface area contributed by atoms with E-state index in [1.54, 1.807) is 0 Å². The molecule has 0 bridgehead atoms. The molecule has 3 nitrogen and oxygen atoms in total. The van der Waals surface area contributed by atoms with E-state index in [1.807, 2.05) is 0 Å². The maximum absolute atomic E-state index is 2.84. The Morgan fingerprint density at radius 2 is 1.54 bits per heavy atom. The van der Waals surface area contributed by atoms with Crippen molar-refractivity contribution in [2.45, 2.75) is 70.8 Å². The fourth-order valence-corrected chi connectivity index (χ4v) is 6.19. The number of likely N-dealkylation sites (N-methyl/N-ethyl adjacent to an activating group) is 1. The van der Waals surface area contributed by atoms with Gasteiger partial charge in [0.05, 0.1) is 0 Å². The van der Waals surface area contributed by atoms with Gasteiger partial charge in [0.15, 0.2) is 0 Å². The van der Waals surface area contributed by atoms with E-state index in [9.17, 15) is 0 Å². The first-order valence-corrected chi connectivity index (χ1v) is 10.6. The molecule has 0 N–H and O–H groups in total. The molecule has 2 saturated carbocycles. The van der Waals surface area contributed by atoms with Gasteiger partial charge in [0, 0.05) is 25.2 Å². The molecule has 1 spiro atoms. The summed E-state index contributed by atoms with van der Waals surface area (Å²) in [5.74, 6) is 0. The van der Waals surface area contributed by atoms with Gasteiger partial charge in [0.2, 0.25) is 0 Å². The van der Waals surface area contributed by atoms with E-state index >= 15 is 0 Å². The lowest BCUT2D eigenvalue weighted by atomic mass is 9.53. The lowest BCUT2D eigenvalue weighted by Crippen LogP contribution is -2.63. The summed E-state index contributed by atoms with van der Waals surface area (Å²) in [6.07, 6.45) is 11.6. The van der Waals surface area contributed by atoms with Crippen LogP contribution in [0.2, 0.25) is 0 Å². The molecule has 0 aromatic rings. The van der Waals surface area contributed by atoms with Crippen molar-refractivity contribution in [1.82, 2.24) is 14.7 Å². The van der Waals surface area contributed by atoms with E-state index in [4.69, 9.17) is 0 Å². The van der Waals surface area contributed by atoms with Crippen LogP contribution in [0, 0.1) is 10.8 Å². The smallest absolute Gasteiger partial charge is 0.0192 e. The zero-order chi connectivity index (χ0) is 16.8. The van der Waals surface area contributed by atoms with Crippen molar-refractivity contribution in [3.05, 3.63) is 0 Å². The molecule has 0 radical (unpaired) electrons. The Hall–Kier alpha value is -0.120. The van der Waals surface area contributed by atoms with Gasteiger partial charge >= 0.3 is 0 Å². The van der Waals surface area contributed by atoms with Gasteiger partial charge in [-0.2, -0.15) is 0 Å². The lowest BCUT2D eigenvalue weighted by Gasteiger charge is -2.62. The molecule has 0 aromatic heterocycles. The number of piperidine rings is 1. The van der Waals surface area contributed by atoms with Gasteiger partial charge in [-0.15, -0.1) is 0 Å². The second kappa shape index (κ2) is 6.25. The van der Waals surface area contributed by atoms with E-state index < -0.39 is 0 Å². The Balaban J connectivity index is 1.27. The van der Waals surface area contributed by atoms with E-state index in [1.165, 1.54) is 97.2 Å². The second-order valence-corrected chi connectivity index (χ2v) is 10.1. The minimum Gasteiger partial charge on any atom is -0.305 e. The van der Waals surface area contributed by atoms with Crippen molar-refractivity contribution >= 4 is 0 Å². The van der Waals surface area contributed by atoms with Crippen LogP contribution in [-0.2, 0) is 0 Å². The number of hydrogen-bond donors (Lipinski definition) is 0. The molecule has 3 heteroatoms. The molecule has 2 saturated heterocycles. The average Bonchev–Trinajstić information content (AvgIpc) is 3.33. The molecule has 24 heavy (non-hydrogen) atoms. The molecule has 0 aromatic carbocycles. The van der Waals surface area contributed by atoms with E-state index in [0.29, 0.717) is 11.0 Å². The van der Waals surface area contributed by atoms with Crippen molar-refractivity contribution in [3.63, 3.8) is 0 Å². The van der Waals surface area contributed by atoms with E-state index in [-0.39, 0.29) is 0 Å². The summed E-state index contributed by atoms with van der Waals surface area (Å²) < 4.78 is 0. The quantitative estimate of drug-likeness (QED) is 0.780. The number of nitrogens with zero attached hydrogens (tertiary/aromatic N) is 3. The van der Waals surface area contributed by atoms with E-state index in [0.717, 1.165) is 5.41 Å². The zero-order valence-electron chi connectivity index (χ0n) is 16.4. The molecule has 0 atom stereocenters. The summed E-state index contributed by atoms with van der Waals surface area (Å²) in [6.45, 7) is 14.3. The topological polar surface area (TPSA) is 9.72 Å². The first-order chi connectivity index (χ1) is 11.5. The first-order valence-electron chi connectivity index (χ1n) is 10.6. The Morgan fingerprint density at radius 3 is 2.17 bits per heavy atom. The van der Waals surface area contributed by atoms with Crippen LogP contribution in [-0.4, -0.2) is 73.1 Å². The summed E-state index contributed by atoms with van der Waals surface area (Å²) in [7, 11) is 2.28. The van der Waals surface area contributed by atoms with Gasteiger partial charge in [-0.1, -0.05) is 6.92 Å². The Kier molecular flexibility index (Phi) is 4.50. The highest BCUT2D eigenvalue weighted by Crippen LogP contribution is 2.58. The minimum absolute atomic E-state index is 0.508. The molecule has 0 amide bonds. The van der Waals surface area contributed by atoms with Crippen molar-refractivity contribution in [1.29, 1.82) is 0 Å². The fraction of sp³-hybridized carbons (Fsp3) is 1.00. The van der Waals surface area contributed by atoms with Crippen LogP contribution in [0.5, 0.6) is 0 Å². The zero-order valence-corrected chi connectivity index (χ0v) is 16.4. The summed E-state index contributed by atoms with van der Waals surface area (Å²) in [5.41, 5.74) is 1.94. The molecule has 2 aliphatic heterocycles. The third-order valence-electron chi connectivity index (χ3n) is 8.18. The maximum Gasteiger partial charge on any atom is 0.0192 e. The first kappa shape index (κ1) is 17.3. The highest BCUT2D eigenvalue weighted by atomic mass is 15.3. The number of rotatable bonds is 4. The summed E-state index contributed by atoms with van der Waals surface area (Å²) >= 11 is 0. The fourth-order valence-electron chi connectivity index (χ4n) is 6.19. The Bertz CT molecular complexity index is 440. The molecule has 4 aliphatic rings. The van der Waals surface area contributed by atoms with Crippen LogP contribution in [0.1, 0.15) is 65.2 Å². The van der Waals surface area contributed by atoms with Crippen molar-refractivity contribution in [3.8, 4) is 0 Å². The minimum atomic E-state index is 0.508. The van der Waals surface area contributed by atoms with Gasteiger partial charge in [0.25, 0.3) is 0 Å². The van der Waals surface area contributed by atoms with Crippen molar-refractivity contribution in [2.24, 2.45) is 10.8 Å². The SMILES string of the molecule is CCC1(CN2CCC3(CC2)CC(C)(N2CCCN(C)CC2)C3)CC1. The molecule has 0 unspecified atom stereocenters. The average molecular weight is 334 g/mol. The third kappa shape index (κ3) is 3.29. The molecular weight excluding hydrogens is 294 g/mol. The molecular formula is C21H39N3. The molecule has 138 valence electrons. The highest BCUT2D eigenvalue weighted by molar-refractivity contribution is 5.10. The summed E-state index contributed by atoms with van der Waals surface area (Å²) in [5, 5.41) is 0. The number of hydrogen-bond acceptors (Lipinski definition) is 3. The van der Waals surface area contributed by atoms with E-state index in [2.05, 4.69) is 35.6 Å². The summed E-state index contributed by atoms with van der Waals surface area (Å²) in [6, 6.07) is 0. The van der Waals surface area contributed by atoms with Gasteiger partial charge in [-0.25, -0.2) is 0 Å². The van der Waals surface area contributed by atoms with Crippen LogP contribution in [0.3, 0.4) is 0 Å². The molecule has 4 fully saturated rings. The van der Waals surface area contributed by atoms with Crippen molar-refractivity contribution < 1.29 is 0 Å². The van der Waals surface area contributed by atoms with Crippen LogP contribution in [0.25, 0.3) is 0 Å². The third-order valence-corrected chi connectivity index (χ3v) is 8.18. The van der Waals surface area contributed by atoms with Crippen molar-refractivity contribution in [2.75, 3.05) is 52.9 Å². The van der Waals surface area contributed by atoms with Gasteiger partial charge in [-0.3, -0.25) is 4.90 Å². The van der Waals surface area contributed by atoms with Crippen LogP contribution in [0.4, 0.5) is 0 Å². The molecule has 2 aliphatic carbocycles. The van der Waals surface area contributed by atoms with Gasteiger partial charge in [-0.05, 0) is 102 Å². The second-order valence-electron chi connectivity index (χ2n) is 10.1. The highest BCUT2D eigenvalue weighted by Gasteiger charge is 2.55. The van der Waals surface area contributed by atoms with Gasteiger partial charge < -0.3 is 9.80 Å².